The third kappa shape index (κ3) is 4.75. The second-order valence-corrected chi connectivity index (χ2v) is 5.10. The average Bonchev–Trinajstić information content (AvgIpc) is 2.25. The molecule has 1 aromatic heterocycles. The molecule has 0 radical (unpaired) electrons. The van der Waals surface area contributed by atoms with Crippen LogP contribution in [0.25, 0.3) is 0 Å². The van der Waals surface area contributed by atoms with Crippen molar-refractivity contribution >= 4 is 27.7 Å². The van der Waals surface area contributed by atoms with Crippen LogP contribution in [-0.4, -0.2) is 23.6 Å². The topological polar surface area (TPSA) is 22.1 Å². The van der Waals surface area contributed by atoms with E-state index in [1.165, 1.54) is 6.20 Å². The van der Waals surface area contributed by atoms with Gasteiger partial charge in [-0.2, -0.15) is 24.9 Å². The van der Waals surface area contributed by atoms with E-state index in [1.54, 1.807) is 11.8 Å². The van der Waals surface area contributed by atoms with Crippen molar-refractivity contribution < 1.29 is 17.9 Å². The SMILES string of the molecule is CSCCCOc1ncc(Br)cc1C(F)(F)F. The molecule has 2 nitrogen and oxygen atoms in total. The molecule has 0 unspecified atom stereocenters. The molecular formula is C10H11BrF3NOS. The van der Waals surface area contributed by atoms with Crippen LogP contribution < -0.4 is 4.74 Å². The zero-order chi connectivity index (χ0) is 12.9. The summed E-state index contributed by atoms with van der Waals surface area (Å²) in [6.07, 6.45) is -0.542. The van der Waals surface area contributed by atoms with Crippen molar-refractivity contribution in [3.8, 4) is 5.88 Å². The third-order valence-electron chi connectivity index (χ3n) is 1.85. The fourth-order valence-corrected chi connectivity index (χ4v) is 1.85. The predicted molar refractivity (Wildman–Crippen MR) is 65.4 cm³/mol. The minimum absolute atomic E-state index is 0.235. The molecule has 0 amide bonds. The highest BCUT2D eigenvalue weighted by Gasteiger charge is 2.35. The molecule has 1 rings (SSSR count). The van der Waals surface area contributed by atoms with Gasteiger partial charge < -0.3 is 4.74 Å². The number of pyridine rings is 1. The Bertz CT molecular complexity index is 373. The molecule has 0 N–H and O–H groups in total. The van der Waals surface area contributed by atoms with Crippen molar-refractivity contribution in [3.63, 3.8) is 0 Å². The van der Waals surface area contributed by atoms with Gasteiger partial charge in [0.25, 0.3) is 0 Å². The summed E-state index contributed by atoms with van der Waals surface area (Å²) in [5, 5.41) is 0. The van der Waals surface area contributed by atoms with Gasteiger partial charge in [-0.05, 0) is 40.4 Å². The predicted octanol–water partition coefficient (Wildman–Crippen LogP) is 3.99. The highest BCUT2D eigenvalue weighted by Crippen LogP contribution is 2.36. The van der Waals surface area contributed by atoms with Crippen molar-refractivity contribution in [1.82, 2.24) is 4.98 Å². The average molecular weight is 330 g/mol. The van der Waals surface area contributed by atoms with E-state index in [2.05, 4.69) is 20.9 Å². The number of thioether (sulfide) groups is 1. The summed E-state index contributed by atoms with van der Waals surface area (Å²) in [5.74, 6) is 0.486. The highest BCUT2D eigenvalue weighted by atomic mass is 79.9. The molecule has 0 aliphatic carbocycles. The van der Waals surface area contributed by atoms with Crippen molar-refractivity contribution in [3.05, 3.63) is 22.3 Å². The van der Waals surface area contributed by atoms with Gasteiger partial charge in [0.15, 0.2) is 0 Å². The van der Waals surface area contributed by atoms with E-state index in [0.717, 1.165) is 11.8 Å². The molecule has 0 aliphatic heterocycles. The van der Waals surface area contributed by atoms with Gasteiger partial charge in [-0.25, -0.2) is 4.98 Å². The molecule has 0 fully saturated rings. The standard InChI is InChI=1S/C10H11BrF3NOS/c1-17-4-2-3-16-9-8(10(12,13)14)5-7(11)6-15-9/h5-6H,2-4H2,1H3. The Morgan fingerprint density at radius 2 is 2.18 bits per heavy atom. The van der Waals surface area contributed by atoms with Crippen LogP contribution >= 0.6 is 27.7 Å². The first kappa shape index (κ1) is 14.6. The van der Waals surface area contributed by atoms with Crippen LogP contribution in [-0.2, 0) is 6.18 Å². The quantitative estimate of drug-likeness (QED) is 0.762. The largest absolute Gasteiger partial charge is 0.477 e. The molecule has 0 spiro atoms. The molecule has 96 valence electrons. The van der Waals surface area contributed by atoms with Gasteiger partial charge >= 0.3 is 6.18 Å². The number of rotatable bonds is 5. The third-order valence-corrected chi connectivity index (χ3v) is 2.99. The van der Waals surface area contributed by atoms with Crippen LogP contribution in [0.15, 0.2) is 16.7 Å². The van der Waals surface area contributed by atoms with Gasteiger partial charge in [-0.15, -0.1) is 0 Å². The van der Waals surface area contributed by atoms with Gasteiger partial charge in [0, 0.05) is 10.7 Å². The second-order valence-electron chi connectivity index (χ2n) is 3.20. The maximum Gasteiger partial charge on any atom is 0.421 e. The second kappa shape index (κ2) is 6.49. The van der Waals surface area contributed by atoms with E-state index in [0.29, 0.717) is 6.42 Å². The maximum atomic E-state index is 12.7. The molecule has 1 heterocycles. The van der Waals surface area contributed by atoms with Gasteiger partial charge in [-0.1, -0.05) is 0 Å². The van der Waals surface area contributed by atoms with Crippen LogP contribution in [0.2, 0.25) is 0 Å². The van der Waals surface area contributed by atoms with Crippen LogP contribution in [0.5, 0.6) is 5.88 Å². The first-order valence-corrected chi connectivity index (χ1v) is 6.98. The summed E-state index contributed by atoms with van der Waals surface area (Å²) < 4.78 is 43.3. The number of alkyl halides is 3. The van der Waals surface area contributed by atoms with Crippen LogP contribution in [0, 0.1) is 0 Å². The lowest BCUT2D eigenvalue weighted by atomic mass is 10.2. The minimum Gasteiger partial charge on any atom is -0.477 e. The fraction of sp³-hybridized carbons (Fsp3) is 0.500. The molecule has 0 bridgehead atoms. The molecule has 0 aliphatic rings. The van der Waals surface area contributed by atoms with Gasteiger partial charge in [0.1, 0.15) is 5.56 Å². The molecule has 1 aromatic rings. The van der Waals surface area contributed by atoms with E-state index >= 15 is 0 Å². The molecule has 0 atom stereocenters. The smallest absolute Gasteiger partial charge is 0.421 e. The van der Waals surface area contributed by atoms with Crippen LogP contribution in [0.1, 0.15) is 12.0 Å². The summed E-state index contributed by atoms with van der Waals surface area (Å²) in [4.78, 5) is 3.65. The lowest BCUT2D eigenvalue weighted by Crippen LogP contribution is -2.11. The van der Waals surface area contributed by atoms with Gasteiger partial charge in [-0.3, -0.25) is 0 Å². The van der Waals surface area contributed by atoms with E-state index in [1.807, 2.05) is 6.26 Å². The molecule has 7 heteroatoms. The van der Waals surface area contributed by atoms with Crippen molar-refractivity contribution in [2.45, 2.75) is 12.6 Å². The number of aromatic nitrogens is 1. The molecule has 0 saturated carbocycles. The van der Waals surface area contributed by atoms with E-state index in [-0.39, 0.29) is 17.0 Å². The summed E-state index contributed by atoms with van der Waals surface area (Å²) in [7, 11) is 0. The highest BCUT2D eigenvalue weighted by molar-refractivity contribution is 9.10. The van der Waals surface area contributed by atoms with E-state index in [4.69, 9.17) is 4.74 Å². The number of ether oxygens (including phenoxy) is 1. The summed E-state index contributed by atoms with van der Waals surface area (Å²) >= 11 is 4.58. The van der Waals surface area contributed by atoms with Crippen LogP contribution in [0.3, 0.4) is 0 Å². The lowest BCUT2D eigenvalue weighted by molar-refractivity contribution is -0.139. The molecular weight excluding hydrogens is 319 g/mol. The van der Waals surface area contributed by atoms with E-state index in [9.17, 15) is 13.2 Å². The number of nitrogens with zero attached hydrogens (tertiary/aromatic N) is 1. The normalized spacial score (nSPS) is 11.6. The number of hydrogen-bond acceptors (Lipinski definition) is 3. The Morgan fingerprint density at radius 1 is 1.47 bits per heavy atom. The Kier molecular flexibility index (Phi) is 5.58. The van der Waals surface area contributed by atoms with Crippen molar-refractivity contribution in [2.75, 3.05) is 18.6 Å². The van der Waals surface area contributed by atoms with Crippen LogP contribution in [0.4, 0.5) is 13.2 Å². The lowest BCUT2D eigenvalue weighted by Gasteiger charge is -2.12. The fourth-order valence-electron chi connectivity index (χ4n) is 1.12. The first-order valence-electron chi connectivity index (χ1n) is 4.79. The maximum absolute atomic E-state index is 12.7. The molecule has 0 aromatic carbocycles. The Morgan fingerprint density at radius 3 is 2.76 bits per heavy atom. The van der Waals surface area contributed by atoms with E-state index < -0.39 is 11.7 Å². The molecule has 0 saturated heterocycles. The van der Waals surface area contributed by atoms with Crippen molar-refractivity contribution in [1.29, 1.82) is 0 Å². The van der Waals surface area contributed by atoms with Gasteiger partial charge in [0.2, 0.25) is 5.88 Å². The Balaban J connectivity index is 2.77. The summed E-state index contributed by atoms with van der Waals surface area (Å²) in [6, 6.07) is 0.969. The zero-order valence-corrected chi connectivity index (χ0v) is 11.5. The summed E-state index contributed by atoms with van der Waals surface area (Å²) in [6.45, 7) is 0.235. The molecule has 17 heavy (non-hydrogen) atoms. The Labute approximate surface area is 110 Å². The first-order chi connectivity index (χ1) is 7.95. The monoisotopic (exact) mass is 329 g/mol. The van der Waals surface area contributed by atoms with Crippen molar-refractivity contribution in [2.24, 2.45) is 0 Å². The zero-order valence-electron chi connectivity index (χ0n) is 9.05. The summed E-state index contributed by atoms with van der Waals surface area (Å²) in [5.41, 5.74) is -0.851. The Hall–Kier alpha value is -0.430. The minimum atomic E-state index is -4.45. The number of hydrogen-bond donors (Lipinski definition) is 0. The van der Waals surface area contributed by atoms with Gasteiger partial charge in [0.05, 0.1) is 6.61 Å². The number of halogens is 4.